The summed E-state index contributed by atoms with van der Waals surface area (Å²) in [7, 11) is 0. The van der Waals surface area contributed by atoms with Gasteiger partial charge in [-0.15, -0.1) is 0 Å². The zero-order valence-electron chi connectivity index (χ0n) is 20.9. The summed E-state index contributed by atoms with van der Waals surface area (Å²) in [4.78, 5) is 29.9. The molecule has 11 heteroatoms. The minimum atomic E-state index is -0.738. The smallest absolute Gasteiger partial charge is 0.340 e. The number of para-hydroxylation sites is 1. The largest absolute Gasteiger partial charge is 0.491 e. The van der Waals surface area contributed by atoms with Crippen LogP contribution in [-0.4, -0.2) is 60.7 Å². The molecule has 0 unspecified atom stereocenters. The third-order valence-corrected chi connectivity index (χ3v) is 5.97. The number of aromatic nitrogens is 1. The first kappa shape index (κ1) is 26.2. The first-order chi connectivity index (χ1) is 17.9. The predicted octanol–water partition coefficient (Wildman–Crippen LogP) is 3.48. The number of nitrogens with two attached hydrogens (primary N) is 1. The number of rotatable bonds is 11. The zero-order chi connectivity index (χ0) is 26.4. The predicted molar refractivity (Wildman–Crippen MR) is 134 cm³/mol. The molecule has 2 aromatic carbocycles. The normalized spacial score (nSPS) is 14.5. The summed E-state index contributed by atoms with van der Waals surface area (Å²) < 4.78 is 36.2. The highest BCUT2D eigenvalue weighted by Gasteiger charge is 2.23. The number of likely N-dealkylation sites (tertiary alicyclic amines) is 1. The van der Waals surface area contributed by atoms with E-state index in [0.717, 1.165) is 31.5 Å². The lowest BCUT2D eigenvalue weighted by Gasteiger charge is -2.32. The van der Waals surface area contributed by atoms with Crippen molar-refractivity contribution in [2.75, 3.05) is 38.2 Å². The molecule has 1 saturated heterocycles. The molecule has 198 valence electrons. The molecule has 1 aromatic heterocycles. The third kappa shape index (κ3) is 6.48. The minimum absolute atomic E-state index is 0.126. The van der Waals surface area contributed by atoms with Gasteiger partial charge in [0.05, 0.1) is 18.8 Å². The third-order valence-electron chi connectivity index (χ3n) is 5.97. The molecule has 2 heterocycles. The van der Waals surface area contributed by atoms with Gasteiger partial charge in [-0.2, -0.15) is 9.37 Å². The number of halogens is 1. The van der Waals surface area contributed by atoms with E-state index in [-0.39, 0.29) is 23.1 Å². The van der Waals surface area contributed by atoms with Gasteiger partial charge in [-0.3, -0.25) is 9.69 Å². The van der Waals surface area contributed by atoms with E-state index in [1.165, 1.54) is 0 Å². The van der Waals surface area contributed by atoms with Gasteiger partial charge in [-0.25, -0.2) is 4.79 Å². The maximum absolute atomic E-state index is 14.5. The van der Waals surface area contributed by atoms with E-state index in [1.54, 1.807) is 30.3 Å². The van der Waals surface area contributed by atoms with Crippen molar-refractivity contribution < 1.29 is 32.6 Å². The van der Waals surface area contributed by atoms with E-state index in [2.05, 4.69) is 15.2 Å². The number of nitrogens with zero attached hydrogens (tertiary/aromatic N) is 2. The number of hydrogen-bond donors (Lipinski definition) is 2. The van der Waals surface area contributed by atoms with Crippen LogP contribution in [0.3, 0.4) is 0 Å². The summed E-state index contributed by atoms with van der Waals surface area (Å²) in [5, 5.41) is 3.31. The van der Waals surface area contributed by atoms with E-state index in [9.17, 15) is 14.0 Å². The number of carbonyl (C=O) groups is 2. The number of nitrogens with one attached hydrogen (secondary N) is 1. The number of anilines is 1. The Bertz CT molecular complexity index is 1230. The van der Waals surface area contributed by atoms with Crippen LogP contribution in [0.1, 0.15) is 42.6 Å². The van der Waals surface area contributed by atoms with Crippen LogP contribution >= 0.6 is 0 Å². The number of hydrogen-bond acceptors (Lipinski definition) is 9. The molecular formula is C26H31FN4O6. The second-order valence-corrected chi connectivity index (χ2v) is 8.68. The Morgan fingerprint density at radius 1 is 1.16 bits per heavy atom. The number of ether oxygens (including phenoxy) is 3. The van der Waals surface area contributed by atoms with Crippen molar-refractivity contribution in [1.29, 1.82) is 0 Å². The first-order valence-electron chi connectivity index (χ1n) is 12.3. The monoisotopic (exact) mass is 514 g/mol. The SMILES string of the molecule is CCOc1cc(CN2CCC(Nc3nc4c(C(=O)OCC(N)=O)cccc4o3)CC2)cc(OCC)c1F. The van der Waals surface area contributed by atoms with Crippen LogP contribution in [0, 0.1) is 5.82 Å². The number of amides is 1. The molecule has 1 amide bonds. The topological polar surface area (TPSA) is 129 Å². The summed E-state index contributed by atoms with van der Waals surface area (Å²) in [6, 6.07) is 8.81. The molecule has 3 aromatic rings. The van der Waals surface area contributed by atoms with Gasteiger partial charge in [-0.05, 0) is 56.5 Å². The molecule has 4 rings (SSSR count). The highest BCUT2D eigenvalue weighted by atomic mass is 19.1. The lowest BCUT2D eigenvalue weighted by Crippen LogP contribution is -2.38. The van der Waals surface area contributed by atoms with E-state index >= 15 is 0 Å². The number of primary amides is 1. The van der Waals surface area contributed by atoms with Gasteiger partial charge in [0.15, 0.2) is 23.7 Å². The molecule has 1 aliphatic heterocycles. The fraction of sp³-hybridized carbons (Fsp3) is 0.423. The van der Waals surface area contributed by atoms with Crippen molar-refractivity contribution in [1.82, 2.24) is 9.88 Å². The molecule has 0 spiro atoms. The lowest BCUT2D eigenvalue weighted by molar-refractivity contribution is -0.121. The molecule has 37 heavy (non-hydrogen) atoms. The summed E-state index contributed by atoms with van der Waals surface area (Å²) >= 11 is 0. The molecule has 0 atom stereocenters. The number of carbonyl (C=O) groups excluding carboxylic acids is 2. The molecule has 1 fully saturated rings. The van der Waals surface area contributed by atoms with Crippen LogP contribution in [0.4, 0.5) is 10.4 Å². The van der Waals surface area contributed by atoms with E-state index in [0.29, 0.717) is 36.9 Å². The van der Waals surface area contributed by atoms with Crippen molar-refractivity contribution in [3.05, 3.63) is 47.3 Å². The Hall–Kier alpha value is -3.86. The highest BCUT2D eigenvalue weighted by molar-refractivity contribution is 6.02. The van der Waals surface area contributed by atoms with E-state index < -0.39 is 24.3 Å². The quantitative estimate of drug-likeness (QED) is 0.369. The summed E-state index contributed by atoms with van der Waals surface area (Å²) in [6.45, 7) is 6.14. The summed E-state index contributed by atoms with van der Waals surface area (Å²) in [5.41, 5.74) is 6.95. The molecule has 0 bridgehead atoms. The van der Waals surface area contributed by atoms with Crippen LogP contribution < -0.4 is 20.5 Å². The van der Waals surface area contributed by atoms with Gasteiger partial charge >= 0.3 is 5.97 Å². The number of benzene rings is 2. The molecule has 1 aliphatic rings. The van der Waals surface area contributed by atoms with Crippen molar-refractivity contribution in [2.24, 2.45) is 5.73 Å². The average Bonchev–Trinajstić information content (AvgIpc) is 3.29. The number of esters is 1. The van der Waals surface area contributed by atoms with Crippen LogP contribution in [-0.2, 0) is 16.1 Å². The number of oxazole rings is 1. The van der Waals surface area contributed by atoms with Gasteiger partial charge in [-0.1, -0.05) is 6.07 Å². The lowest BCUT2D eigenvalue weighted by atomic mass is 10.0. The van der Waals surface area contributed by atoms with Gasteiger partial charge in [0.2, 0.25) is 5.82 Å². The maximum Gasteiger partial charge on any atom is 0.340 e. The van der Waals surface area contributed by atoms with E-state index in [1.807, 2.05) is 13.8 Å². The van der Waals surface area contributed by atoms with Crippen molar-refractivity contribution in [3.8, 4) is 11.5 Å². The molecule has 0 radical (unpaired) electrons. The molecule has 10 nitrogen and oxygen atoms in total. The Morgan fingerprint density at radius 3 is 2.46 bits per heavy atom. The van der Waals surface area contributed by atoms with Crippen LogP contribution in [0.5, 0.6) is 11.5 Å². The Morgan fingerprint density at radius 2 is 1.84 bits per heavy atom. The Balaban J connectivity index is 1.37. The maximum atomic E-state index is 14.5. The summed E-state index contributed by atoms with van der Waals surface area (Å²) in [5.74, 6) is -1.50. The zero-order valence-corrected chi connectivity index (χ0v) is 20.9. The number of fused-ring (bicyclic) bond motifs is 1. The fourth-order valence-electron chi connectivity index (χ4n) is 4.30. The van der Waals surface area contributed by atoms with E-state index in [4.69, 9.17) is 24.4 Å². The van der Waals surface area contributed by atoms with Gasteiger partial charge in [0.25, 0.3) is 11.9 Å². The van der Waals surface area contributed by atoms with Crippen LogP contribution in [0.25, 0.3) is 11.1 Å². The fourth-order valence-corrected chi connectivity index (χ4v) is 4.30. The molecule has 3 N–H and O–H groups in total. The highest BCUT2D eigenvalue weighted by Crippen LogP contribution is 2.30. The molecule has 0 saturated carbocycles. The number of piperidine rings is 1. The second-order valence-electron chi connectivity index (χ2n) is 8.68. The molecule has 0 aliphatic carbocycles. The van der Waals surface area contributed by atoms with Crippen molar-refractivity contribution in [2.45, 2.75) is 39.3 Å². The molecular weight excluding hydrogens is 483 g/mol. The van der Waals surface area contributed by atoms with Crippen LogP contribution in [0.15, 0.2) is 34.7 Å². The standard InChI is InChI=1S/C26H31FN4O6/c1-3-34-20-12-16(13-21(23(20)27)35-4-2)14-31-10-8-17(9-11-31)29-26-30-24-18(6-5-7-19(24)37-26)25(33)36-15-22(28)32/h5-7,12-13,17H,3-4,8-11,14-15H2,1-2H3,(H2,28,32)(H,29,30). The summed E-state index contributed by atoms with van der Waals surface area (Å²) in [6.07, 6.45) is 1.67. The van der Waals surface area contributed by atoms with Gasteiger partial charge < -0.3 is 29.7 Å². The average molecular weight is 515 g/mol. The van der Waals surface area contributed by atoms with Gasteiger partial charge in [0.1, 0.15) is 5.52 Å². The van der Waals surface area contributed by atoms with Crippen LogP contribution in [0.2, 0.25) is 0 Å². The van der Waals surface area contributed by atoms with Gasteiger partial charge in [0, 0.05) is 25.7 Å². The van der Waals surface area contributed by atoms with Crippen molar-refractivity contribution in [3.63, 3.8) is 0 Å². The Kier molecular flexibility index (Phi) is 8.44. The Labute approximate surface area is 213 Å². The second kappa shape index (κ2) is 11.9. The minimum Gasteiger partial charge on any atom is -0.491 e. The first-order valence-corrected chi connectivity index (χ1v) is 12.3. The van der Waals surface area contributed by atoms with Crippen molar-refractivity contribution >= 4 is 29.0 Å².